The lowest BCUT2D eigenvalue weighted by atomic mass is 10.2. The molecule has 0 radical (unpaired) electrons. The molecule has 2 rings (SSSR count). The van der Waals surface area contributed by atoms with Crippen molar-refractivity contribution >= 4 is 17.5 Å². The molecule has 1 fully saturated rings. The van der Waals surface area contributed by atoms with E-state index in [-0.39, 0.29) is 29.1 Å². The summed E-state index contributed by atoms with van der Waals surface area (Å²) in [5.41, 5.74) is -0.267. The van der Waals surface area contributed by atoms with Crippen molar-refractivity contribution in [1.82, 2.24) is 14.5 Å². The number of likely N-dealkylation sites (tertiary alicyclic amines) is 1. The summed E-state index contributed by atoms with van der Waals surface area (Å²) in [6.45, 7) is 5.47. The minimum atomic E-state index is -0.267. The molecule has 104 valence electrons. The van der Waals surface area contributed by atoms with Crippen LogP contribution in [-0.2, 0) is 11.3 Å². The lowest BCUT2D eigenvalue weighted by molar-refractivity contribution is -0.130. The molecule has 0 saturated carbocycles. The maximum absolute atomic E-state index is 12.1. The molecule has 1 aromatic heterocycles. The summed E-state index contributed by atoms with van der Waals surface area (Å²) in [7, 11) is 0. The Hall–Kier alpha value is -1.36. The van der Waals surface area contributed by atoms with Crippen LogP contribution in [0.5, 0.6) is 0 Å². The highest BCUT2D eigenvalue weighted by atomic mass is 35.5. The Morgan fingerprint density at radius 1 is 1.42 bits per heavy atom. The van der Waals surface area contributed by atoms with E-state index in [1.165, 1.54) is 10.6 Å². The van der Waals surface area contributed by atoms with Gasteiger partial charge in [0.1, 0.15) is 17.5 Å². The number of carbonyl (C=O) groups is 1. The van der Waals surface area contributed by atoms with Crippen LogP contribution >= 0.6 is 11.6 Å². The second-order valence-corrected chi connectivity index (χ2v) is 5.49. The van der Waals surface area contributed by atoms with Crippen molar-refractivity contribution in [3.63, 3.8) is 0 Å². The summed E-state index contributed by atoms with van der Waals surface area (Å²) in [6, 6.07) is 1.25. The second-order valence-electron chi connectivity index (χ2n) is 5.10. The van der Waals surface area contributed by atoms with Gasteiger partial charge in [0, 0.05) is 25.1 Å². The number of halogens is 1. The molecule has 1 saturated heterocycles. The van der Waals surface area contributed by atoms with Crippen LogP contribution in [0, 0.1) is 0 Å². The smallest absolute Gasteiger partial charge is 0.255 e. The van der Waals surface area contributed by atoms with Crippen LogP contribution in [0.15, 0.2) is 10.9 Å². The molecule has 19 heavy (non-hydrogen) atoms. The molecular weight excluding hydrogens is 266 g/mol. The molecule has 1 amide bonds. The van der Waals surface area contributed by atoms with E-state index in [1.807, 2.05) is 13.8 Å². The van der Waals surface area contributed by atoms with Gasteiger partial charge in [-0.05, 0) is 12.8 Å². The van der Waals surface area contributed by atoms with Gasteiger partial charge >= 0.3 is 0 Å². The van der Waals surface area contributed by atoms with Crippen LogP contribution in [-0.4, -0.2) is 33.4 Å². The lowest BCUT2D eigenvalue weighted by Gasteiger charge is -2.19. The molecule has 1 aliphatic heterocycles. The first-order chi connectivity index (χ1) is 8.99. The summed E-state index contributed by atoms with van der Waals surface area (Å²) in [6.07, 6.45) is 2.08. The van der Waals surface area contributed by atoms with Gasteiger partial charge in [0.15, 0.2) is 0 Å². The molecule has 0 bridgehead atoms. The quantitative estimate of drug-likeness (QED) is 0.793. The van der Waals surface area contributed by atoms with Crippen LogP contribution in [0.4, 0.5) is 0 Å². The third kappa shape index (κ3) is 3.15. The van der Waals surface area contributed by atoms with Gasteiger partial charge in [-0.15, -0.1) is 0 Å². The Balaban J connectivity index is 2.28. The van der Waals surface area contributed by atoms with Crippen LogP contribution < -0.4 is 5.56 Å². The highest BCUT2D eigenvalue weighted by Crippen LogP contribution is 2.14. The van der Waals surface area contributed by atoms with E-state index in [0.717, 1.165) is 25.9 Å². The summed E-state index contributed by atoms with van der Waals surface area (Å²) in [5, 5.41) is 0.179. The Morgan fingerprint density at radius 2 is 2.05 bits per heavy atom. The lowest BCUT2D eigenvalue weighted by Crippen LogP contribution is -2.36. The van der Waals surface area contributed by atoms with E-state index in [9.17, 15) is 9.59 Å². The van der Waals surface area contributed by atoms with Crippen LogP contribution in [0.3, 0.4) is 0 Å². The predicted octanol–water partition coefficient (Wildman–Crippen LogP) is 1.64. The van der Waals surface area contributed by atoms with Gasteiger partial charge in [0.25, 0.3) is 5.56 Å². The summed E-state index contributed by atoms with van der Waals surface area (Å²) in [4.78, 5) is 30.1. The zero-order valence-electron chi connectivity index (χ0n) is 11.2. The van der Waals surface area contributed by atoms with Crippen molar-refractivity contribution in [3.8, 4) is 0 Å². The number of hydrogen-bond donors (Lipinski definition) is 0. The van der Waals surface area contributed by atoms with Gasteiger partial charge in [0.05, 0.1) is 0 Å². The standard InChI is InChI=1S/C13H18ClN3O2/c1-9(2)13-15-10(14)7-11(18)17(13)8-12(19)16-5-3-4-6-16/h7,9H,3-6,8H2,1-2H3. The summed E-state index contributed by atoms with van der Waals surface area (Å²) < 4.78 is 1.43. The van der Waals surface area contributed by atoms with Crippen molar-refractivity contribution in [2.45, 2.75) is 39.2 Å². The molecule has 0 aliphatic carbocycles. The van der Waals surface area contributed by atoms with Crippen molar-refractivity contribution in [3.05, 3.63) is 27.4 Å². The number of nitrogens with zero attached hydrogens (tertiary/aromatic N) is 3. The fraction of sp³-hybridized carbons (Fsp3) is 0.615. The molecule has 0 spiro atoms. The molecule has 0 N–H and O–H groups in total. The molecule has 5 nitrogen and oxygen atoms in total. The second kappa shape index (κ2) is 5.74. The van der Waals surface area contributed by atoms with Gasteiger partial charge in [-0.25, -0.2) is 4.98 Å². The Bertz CT molecular complexity index is 533. The molecule has 1 aliphatic rings. The number of carbonyl (C=O) groups excluding carboxylic acids is 1. The first-order valence-corrected chi connectivity index (χ1v) is 6.92. The van der Waals surface area contributed by atoms with Crippen molar-refractivity contribution < 1.29 is 4.79 Å². The normalized spacial score (nSPS) is 15.3. The molecule has 6 heteroatoms. The minimum Gasteiger partial charge on any atom is -0.341 e. The number of hydrogen-bond acceptors (Lipinski definition) is 3. The summed E-state index contributed by atoms with van der Waals surface area (Å²) >= 11 is 5.81. The topological polar surface area (TPSA) is 55.2 Å². The van der Waals surface area contributed by atoms with Crippen LogP contribution in [0.2, 0.25) is 5.15 Å². The average molecular weight is 284 g/mol. The SMILES string of the molecule is CC(C)c1nc(Cl)cc(=O)n1CC(=O)N1CCCC1. The third-order valence-corrected chi connectivity index (χ3v) is 3.47. The molecule has 0 atom stereocenters. The molecule has 0 aromatic carbocycles. The monoisotopic (exact) mass is 283 g/mol. The van der Waals surface area contributed by atoms with E-state index >= 15 is 0 Å². The Kier molecular flexibility index (Phi) is 4.24. The van der Waals surface area contributed by atoms with Crippen molar-refractivity contribution in [2.75, 3.05) is 13.1 Å². The van der Waals surface area contributed by atoms with Gasteiger partial charge < -0.3 is 4.90 Å². The predicted molar refractivity (Wildman–Crippen MR) is 73.4 cm³/mol. The third-order valence-electron chi connectivity index (χ3n) is 3.28. The molecule has 0 unspecified atom stereocenters. The Labute approximate surface area is 117 Å². The van der Waals surface area contributed by atoms with E-state index in [4.69, 9.17) is 11.6 Å². The van der Waals surface area contributed by atoms with E-state index < -0.39 is 0 Å². The largest absolute Gasteiger partial charge is 0.341 e. The molecule has 2 heterocycles. The van der Waals surface area contributed by atoms with Gasteiger partial charge in [-0.3, -0.25) is 14.2 Å². The van der Waals surface area contributed by atoms with E-state index in [1.54, 1.807) is 4.90 Å². The molecule has 1 aromatic rings. The van der Waals surface area contributed by atoms with Gasteiger partial charge in [-0.1, -0.05) is 25.4 Å². The maximum atomic E-state index is 12.1. The first kappa shape index (κ1) is 14.1. The van der Waals surface area contributed by atoms with Crippen molar-refractivity contribution in [1.29, 1.82) is 0 Å². The minimum absolute atomic E-state index is 0.0226. The molecular formula is C13H18ClN3O2. The van der Waals surface area contributed by atoms with Gasteiger partial charge in [0.2, 0.25) is 5.91 Å². The summed E-state index contributed by atoms with van der Waals surface area (Å²) in [5.74, 6) is 0.577. The first-order valence-electron chi connectivity index (χ1n) is 6.54. The average Bonchev–Trinajstić information content (AvgIpc) is 2.85. The zero-order valence-corrected chi connectivity index (χ0v) is 12.0. The zero-order chi connectivity index (χ0) is 14.0. The van der Waals surface area contributed by atoms with Crippen LogP contribution in [0.25, 0.3) is 0 Å². The van der Waals surface area contributed by atoms with E-state index in [0.29, 0.717) is 5.82 Å². The van der Waals surface area contributed by atoms with Crippen molar-refractivity contribution in [2.24, 2.45) is 0 Å². The highest BCUT2D eigenvalue weighted by molar-refractivity contribution is 6.29. The maximum Gasteiger partial charge on any atom is 0.255 e. The van der Waals surface area contributed by atoms with Crippen LogP contribution in [0.1, 0.15) is 38.4 Å². The Morgan fingerprint density at radius 3 is 2.63 bits per heavy atom. The number of aromatic nitrogens is 2. The van der Waals surface area contributed by atoms with E-state index in [2.05, 4.69) is 4.98 Å². The fourth-order valence-corrected chi connectivity index (χ4v) is 2.48. The highest BCUT2D eigenvalue weighted by Gasteiger charge is 2.20. The number of rotatable bonds is 3. The van der Waals surface area contributed by atoms with Gasteiger partial charge in [-0.2, -0.15) is 0 Å². The number of amides is 1. The fourth-order valence-electron chi connectivity index (χ4n) is 2.30.